The van der Waals surface area contributed by atoms with E-state index in [0.29, 0.717) is 30.3 Å². The van der Waals surface area contributed by atoms with E-state index in [0.717, 1.165) is 6.07 Å². The summed E-state index contributed by atoms with van der Waals surface area (Å²) in [5.41, 5.74) is 6.22. The highest BCUT2D eigenvalue weighted by Gasteiger charge is 2.38. The average molecular weight is 434 g/mol. The number of benzene rings is 1. The molecule has 10 heteroatoms. The zero-order chi connectivity index (χ0) is 21.8. The third-order valence-corrected chi connectivity index (χ3v) is 7.53. The molecule has 3 heterocycles. The summed E-state index contributed by atoms with van der Waals surface area (Å²) in [5, 5.41) is 0. The van der Waals surface area contributed by atoms with Crippen molar-refractivity contribution in [1.29, 1.82) is 0 Å². The Hall–Kier alpha value is -2.72. The average Bonchev–Trinajstić information content (AvgIpc) is 3.00. The number of ether oxygens (including phenoxy) is 1. The summed E-state index contributed by atoms with van der Waals surface area (Å²) >= 11 is 0. The summed E-state index contributed by atoms with van der Waals surface area (Å²) in [6.45, 7) is 8.76. The molecule has 0 saturated carbocycles. The highest BCUT2D eigenvalue weighted by molar-refractivity contribution is 7.92. The summed E-state index contributed by atoms with van der Waals surface area (Å²) in [5.74, 6) is -0.0172. The molecule has 1 aromatic carbocycles. The maximum absolute atomic E-state index is 14.3. The summed E-state index contributed by atoms with van der Waals surface area (Å²) in [7, 11) is -4.25. The minimum Gasteiger partial charge on any atom is -0.384 e. The third-order valence-electron chi connectivity index (χ3n) is 5.67. The van der Waals surface area contributed by atoms with E-state index in [9.17, 15) is 12.8 Å². The van der Waals surface area contributed by atoms with Crippen LogP contribution in [-0.4, -0.2) is 48.2 Å². The number of rotatable bonds is 3. The second-order valence-electron chi connectivity index (χ2n) is 7.94. The van der Waals surface area contributed by atoms with Gasteiger partial charge in [0.2, 0.25) is 9.84 Å². The van der Waals surface area contributed by atoms with Gasteiger partial charge in [-0.1, -0.05) is 12.1 Å². The number of nitrogens with zero attached hydrogens (tertiary/aromatic N) is 3. The Kier molecular flexibility index (Phi) is 4.74. The SMILES string of the molecule is Cc1nc(N2CCOC(C)(C)C2C)c2[nH]c(N)c(S(=O)(=O)c3ccccc3F)c2n1. The molecule has 1 atom stereocenters. The van der Waals surface area contributed by atoms with E-state index in [1.54, 1.807) is 6.92 Å². The number of nitrogens with one attached hydrogen (secondary N) is 1. The van der Waals surface area contributed by atoms with Gasteiger partial charge in [-0.3, -0.25) is 0 Å². The van der Waals surface area contributed by atoms with Crippen LogP contribution in [0.5, 0.6) is 0 Å². The minimum absolute atomic E-state index is 0.0418. The van der Waals surface area contributed by atoms with Gasteiger partial charge in [-0.05, 0) is 39.8 Å². The van der Waals surface area contributed by atoms with Gasteiger partial charge in [-0.2, -0.15) is 0 Å². The number of aromatic nitrogens is 3. The Labute approximate surface area is 174 Å². The number of halogens is 1. The molecule has 160 valence electrons. The van der Waals surface area contributed by atoms with Gasteiger partial charge in [0.25, 0.3) is 0 Å². The molecule has 0 radical (unpaired) electrons. The van der Waals surface area contributed by atoms with Crippen molar-refractivity contribution in [2.45, 2.75) is 49.1 Å². The fraction of sp³-hybridized carbons (Fsp3) is 0.400. The molecule has 0 bridgehead atoms. The summed E-state index contributed by atoms with van der Waals surface area (Å²) < 4.78 is 46.7. The van der Waals surface area contributed by atoms with E-state index in [1.807, 2.05) is 20.8 Å². The summed E-state index contributed by atoms with van der Waals surface area (Å²) in [6, 6.07) is 5.16. The topological polar surface area (TPSA) is 114 Å². The molecule has 3 aromatic rings. The number of nitrogens with two attached hydrogens (primary N) is 1. The quantitative estimate of drug-likeness (QED) is 0.653. The first kappa shape index (κ1) is 20.5. The van der Waals surface area contributed by atoms with E-state index < -0.39 is 26.2 Å². The molecule has 2 aromatic heterocycles. The maximum Gasteiger partial charge on any atom is 0.215 e. The van der Waals surface area contributed by atoms with E-state index in [1.165, 1.54) is 18.2 Å². The molecule has 4 rings (SSSR count). The van der Waals surface area contributed by atoms with E-state index >= 15 is 0 Å². The van der Waals surface area contributed by atoms with Gasteiger partial charge in [0.1, 0.15) is 38.3 Å². The number of hydrogen-bond donors (Lipinski definition) is 2. The number of aromatic amines is 1. The number of aryl methyl sites for hydroxylation is 1. The summed E-state index contributed by atoms with van der Waals surface area (Å²) in [4.78, 5) is 13.2. The van der Waals surface area contributed by atoms with Crippen LogP contribution in [0.1, 0.15) is 26.6 Å². The third kappa shape index (κ3) is 3.10. The molecule has 1 fully saturated rings. The van der Waals surface area contributed by atoms with Gasteiger partial charge in [0.05, 0.1) is 18.2 Å². The van der Waals surface area contributed by atoms with Crippen LogP contribution in [0.2, 0.25) is 0 Å². The van der Waals surface area contributed by atoms with Gasteiger partial charge < -0.3 is 20.4 Å². The number of nitrogen functional groups attached to an aromatic ring is 1. The molecule has 0 aliphatic carbocycles. The van der Waals surface area contributed by atoms with Crippen molar-refractivity contribution in [3.63, 3.8) is 0 Å². The molecule has 0 amide bonds. The molecule has 1 aliphatic heterocycles. The first-order valence-corrected chi connectivity index (χ1v) is 11.1. The fourth-order valence-electron chi connectivity index (χ4n) is 3.79. The second kappa shape index (κ2) is 6.92. The van der Waals surface area contributed by atoms with Gasteiger partial charge in [0, 0.05) is 6.54 Å². The van der Waals surface area contributed by atoms with Crippen LogP contribution in [0.15, 0.2) is 34.1 Å². The van der Waals surface area contributed by atoms with Gasteiger partial charge in [-0.15, -0.1) is 0 Å². The van der Waals surface area contributed by atoms with Crippen LogP contribution in [0.25, 0.3) is 11.0 Å². The van der Waals surface area contributed by atoms with Crippen LogP contribution < -0.4 is 10.6 Å². The molecule has 8 nitrogen and oxygen atoms in total. The predicted molar refractivity (Wildman–Crippen MR) is 112 cm³/mol. The normalized spacial score (nSPS) is 19.4. The van der Waals surface area contributed by atoms with Crippen LogP contribution in [0.4, 0.5) is 16.0 Å². The lowest BCUT2D eigenvalue weighted by Crippen LogP contribution is -2.55. The number of anilines is 2. The smallest absolute Gasteiger partial charge is 0.215 e. The van der Waals surface area contributed by atoms with Crippen molar-refractivity contribution < 1.29 is 17.5 Å². The van der Waals surface area contributed by atoms with E-state index in [2.05, 4.69) is 19.9 Å². The van der Waals surface area contributed by atoms with Crippen LogP contribution in [-0.2, 0) is 14.6 Å². The number of hydrogen-bond acceptors (Lipinski definition) is 7. The molecule has 1 saturated heterocycles. The molecule has 1 aliphatic rings. The first-order valence-electron chi connectivity index (χ1n) is 9.60. The number of morpholine rings is 1. The van der Waals surface area contributed by atoms with Crippen molar-refractivity contribution in [1.82, 2.24) is 15.0 Å². The summed E-state index contributed by atoms with van der Waals surface area (Å²) in [6.07, 6.45) is 0. The van der Waals surface area contributed by atoms with E-state index in [4.69, 9.17) is 10.5 Å². The molecule has 3 N–H and O–H groups in total. The highest BCUT2D eigenvalue weighted by atomic mass is 32.2. The molecule has 30 heavy (non-hydrogen) atoms. The zero-order valence-corrected chi connectivity index (χ0v) is 18.0. The lowest BCUT2D eigenvalue weighted by molar-refractivity contribution is -0.0531. The Balaban J connectivity index is 1.96. The lowest BCUT2D eigenvalue weighted by atomic mass is 9.97. The molecular weight excluding hydrogens is 409 g/mol. The highest BCUT2D eigenvalue weighted by Crippen LogP contribution is 2.38. The van der Waals surface area contributed by atoms with Crippen molar-refractivity contribution in [2.75, 3.05) is 23.8 Å². The van der Waals surface area contributed by atoms with Crippen molar-refractivity contribution in [3.05, 3.63) is 35.9 Å². The second-order valence-corrected chi connectivity index (χ2v) is 9.80. The fourth-order valence-corrected chi connectivity index (χ4v) is 5.34. The molecule has 1 unspecified atom stereocenters. The van der Waals surface area contributed by atoms with Crippen LogP contribution >= 0.6 is 0 Å². The van der Waals surface area contributed by atoms with Gasteiger partial charge in [0.15, 0.2) is 5.82 Å². The lowest BCUT2D eigenvalue weighted by Gasteiger charge is -2.45. The van der Waals surface area contributed by atoms with Gasteiger partial charge >= 0.3 is 0 Å². The first-order chi connectivity index (χ1) is 14.0. The Bertz CT molecular complexity index is 1240. The van der Waals surface area contributed by atoms with Crippen molar-refractivity contribution in [3.8, 4) is 0 Å². The minimum atomic E-state index is -4.25. The Morgan fingerprint density at radius 2 is 2.00 bits per heavy atom. The zero-order valence-electron chi connectivity index (χ0n) is 17.2. The number of sulfone groups is 1. The largest absolute Gasteiger partial charge is 0.384 e. The van der Waals surface area contributed by atoms with Gasteiger partial charge in [-0.25, -0.2) is 22.8 Å². The maximum atomic E-state index is 14.3. The molecule has 0 spiro atoms. The van der Waals surface area contributed by atoms with Crippen LogP contribution in [0, 0.1) is 12.7 Å². The Morgan fingerprint density at radius 1 is 1.30 bits per heavy atom. The van der Waals surface area contributed by atoms with Crippen molar-refractivity contribution in [2.24, 2.45) is 0 Å². The molecular formula is C20H24FN5O3S. The Morgan fingerprint density at radius 3 is 2.70 bits per heavy atom. The monoisotopic (exact) mass is 433 g/mol. The number of fused-ring (bicyclic) bond motifs is 1. The van der Waals surface area contributed by atoms with E-state index in [-0.39, 0.29) is 22.3 Å². The standard InChI is InChI=1S/C20H24FN5O3S/c1-11-20(3,4)29-10-9-26(11)19-16-15(23-12(2)24-19)17(18(22)25-16)30(27,28)14-8-6-5-7-13(14)21/h5-8,11,25H,9-10,22H2,1-4H3. The van der Waals surface area contributed by atoms with Crippen molar-refractivity contribution >= 4 is 32.5 Å². The predicted octanol–water partition coefficient (Wildman–Crippen LogP) is 2.82. The number of H-pyrrole nitrogens is 1. The van der Waals surface area contributed by atoms with Crippen LogP contribution in [0.3, 0.4) is 0 Å².